The van der Waals surface area contributed by atoms with E-state index in [1.165, 1.54) is 28.8 Å². The summed E-state index contributed by atoms with van der Waals surface area (Å²) in [5, 5.41) is 14.4. The molecule has 0 spiro atoms. The molecule has 3 aromatic carbocycles. The fourth-order valence-corrected chi connectivity index (χ4v) is 5.38. The number of ether oxygens (including phenoxy) is 2. The van der Waals surface area contributed by atoms with Crippen molar-refractivity contribution in [3.05, 3.63) is 93.5 Å². The lowest BCUT2D eigenvalue weighted by molar-refractivity contribution is -0.384. The monoisotopic (exact) mass is 543 g/mol. The Kier molecular flexibility index (Phi) is 6.45. The molecule has 12 heteroatoms. The number of thioether (sulfide) groups is 1. The highest BCUT2D eigenvalue weighted by Crippen LogP contribution is 2.35. The minimum absolute atomic E-state index is 0.00430. The first-order valence-electron chi connectivity index (χ1n) is 12.1. The number of amides is 2. The van der Waals surface area contributed by atoms with Gasteiger partial charge in [-0.15, -0.1) is 0 Å². The summed E-state index contributed by atoms with van der Waals surface area (Å²) in [5.41, 5.74) is 2.93. The van der Waals surface area contributed by atoms with Crippen LogP contribution in [0.1, 0.15) is 23.1 Å². The number of para-hydroxylation sites is 1. The van der Waals surface area contributed by atoms with E-state index in [2.05, 4.69) is 15.3 Å². The van der Waals surface area contributed by atoms with Crippen LogP contribution in [0.15, 0.2) is 76.7 Å². The molecule has 1 atom stereocenters. The van der Waals surface area contributed by atoms with Crippen molar-refractivity contribution in [1.29, 1.82) is 0 Å². The van der Waals surface area contributed by atoms with Gasteiger partial charge in [-0.05, 0) is 35.4 Å². The smallest absolute Gasteiger partial charge is 0.269 e. The summed E-state index contributed by atoms with van der Waals surface area (Å²) in [5.74, 6) is 1.44. The predicted molar refractivity (Wildman–Crippen MR) is 144 cm³/mol. The van der Waals surface area contributed by atoms with Crippen LogP contribution in [0, 0.1) is 10.1 Å². The summed E-state index contributed by atoms with van der Waals surface area (Å²) in [4.78, 5) is 47.7. The predicted octanol–water partition coefficient (Wildman–Crippen LogP) is 3.92. The second-order valence-corrected chi connectivity index (χ2v) is 9.88. The van der Waals surface area contributed by atoms with E-state index < -0.39 is 11.0 Å². The average molecular weight is 544 g/mol. The lowest BCUT2D eigenvalue weighted by Crippen LogP contribution is -2.42. The lowest BCUT2D eigenvalue weighted by Gasteiger charge is -2.25. The van der Waals surface area contributed by atoms with E-state index in [1.54, 1.807) is 18.2 Å². The Bertz CT molecular complexity index is 1570. The van der Waals surface area contributed by atoms with E-state index >= 15 is 0 Å². The zero-order chi connectivity index (χ0) is 26.9. The van der Waals surface area contributed by atoms with Crippen molar-refractivity contribution in [3.8, 4) is 11.5 Å². The molecule has 0 saturated heterocycles. The number of benzene rings is 3. The van der Waals surface area contributed by atoms with Gasteiger partial charge in [0.25, 0.3) is 11.6 Å². The van der Waals surface area contributed by atoms with Crippen molar-refractivity contribution in [2.24, 2.45) is 9.98 Å². The number of nitro groups is 1. The number of carbonyl (C=O) groups excluding carboxylic acids is 2. The molecule has 196 valence electrons. The molecular formula is C27H21N5O6S. The van der Waals surface area contributed by atoms with Gasteiger partial charge in [0.15, 0.2) is 16.7 Å². The first kappa shape index (κ1) is 24.6. The molecule has 0 aliphatic carbocycles. The van der Waals surface area contributed by atoms with Gasteiger partial charge in [0.1, 0.15) is 11.9 Å². The summed E-state index contributed by atoms with van der Waals surface area (Å²) in [6, 6.07) is 18.2. The van der Waals surface area contributed by atoms with Gasteiger partial charge in [0, 0.05) is 30.0 Å². The van der Waals surface area contributed by atoms with Gasteiger partial charge in [-0.25, -0.2) is 9.89 Å². The largest absolute Gasteiger partial charge is 0.454 e. The maximum atomic E-state index is 13.5. The number of nitrogens with one attached hydrogen (secondary N) is 1. The third-order valence-electron chi connectivity index (χ3n) is 6.34. The number of carbonyl (C=O) groups is 2. The van der Waals surface area contributed by atoms with Gasteiger partial charge < -0.3 is 14.8 Å². The van der Waals surface area contributed by atoms with Gasteiger partial charge in [-0.2, -0.15) is 0 Å². The van der Waals surface area contributed by atoms with Crippen LogP contribution in [0.4, 0.5) is 11.4 Å². The molecule has 0 radical (unpaired) electrons. The van der Waals surface area contributed by atoms with Crippen molar-refractivity contribution in [2.45, 2.75) is 24.8 Å². The first-order chi connectivity index (χ1) is 19.0. The highest BCUT2D eigenvalue weighted by atomic mass is 32.2. The standard InChI is InChI=1S/C27H21N5O6S/c33-24(28-13-16-8-9-22-23(11-16)38-15-37-22)12-21-26(34)31-25(29-21)19-6-1-2-7-20(19)30-27(31)39-14-17-4-3-5-18(10-17)32(35)36/h1-11,21H,12-15H2,(H,28,33). The van der Waals surface area contributed by atoms with Gasteiger partial charge in [0.2, 0.25) is 12.7 Å². The second kappa shape index (κ2) is 10.2. The van der Waals surface area contributed by atoms with Crippen molar-refractivity contribution >= 4 is 46.0 Å². The maximum Gasteiger partial charge on any atom is 0.269 e. The topological polar surface area (TPSA) is 136 Å². The van der Waals surface area contributed by atoms with Crippen LogP contribution in [-0.4, -0.2) is 45.5 Å². The maximum absolute atomic E-state index is 13.5. The Labute approximate surface area is 226 Å². The van der Waals surface area contributed by atoms with E-state index in [1.807, 2.05) is 36.4 Å². The quantitative estimate of drug-likeness (QED) is 0.352. The number of fused-ring (bicyclic) bond motifs is 4. The summed E-state index contributed by atoms with van der Waals surface area (Å²) in [6.07, 6.45) is -0.117. The lowest BCUT2D eigenvalue weighted by atomic mass is 10.1. The molecule has 6 rings (SSSR count). The molecule has 2 amide bonds. The molecule has 0 aromatic heterocycles. The SMILES string of the molecule is O=C(CC1N=C2c3ccccc3N=C(SCc3cccc([N+](=O)[O-])c3)N2C1=O)NCc1ccc2c(c1)OCO2. The highest BCUT2D eigenvalue weighted by Gasteiger charge is 2.42. The Morgan fingerprint density at radius 3 is 2.79 bits per heavy atom. The van der Waals surface area contributed by atoms with Crippen LogP contribution < -0.4 is 14.8 Å². The summed E-state index contributed by atoms with van der Waals surface area (Å²) < 4.78 is 10.7. The van der Waals surface area contributed by atoms with Crippen LogP contribution in [-0.2, 0) is 21.9 Å². The zero-order valence-corrected chi connectivity index (χ0v) is 21.2. The average Bonchev–Trinajstić information content (AvgIpc) is 3.55. The van der Waals surface area contributed by atoms with Crippen molar-refractivity contribution < 1.29 is 24.0 Å². The van der Waals surface area contributed by atoms with E-state index in [4.69, 9.17) is 9.47 Å². The number of hydrogen-bond acceptors (Lipinski definition) is 9. The Morgan fingerprint density at radius 1 is 1.08 bits per heavy atom. The summed E-state index contributed by atoms with van der Waals surface area (Å²) in [6.45, 7) is 0.440. The first-order valence-corrected chi connectivity index (χ1v) is 13.1. The molecule has 1 N–H and O–H groups in total. The fourth-order valence-electron chi connectivity index (χ4n) is 4.44. The van der Waals surface area contributed by atoms with Crippen LogP contribution >= 0.6 is 11.8 Å². The normalized spacial score (nSPS) is 16.8. The summed E-state index contributed by atoms with van der Waals surface area (Å²) in [7, 11) is 0. The number of nitro benzene ring substituents is 1. The van der Waals surface area contributed by atoms with E-state index in [0.29, 0.717) is 39.5 Å². The van der Waals surface area contributed by atoms with Gasteiger partial charge in [0.05, 0.1) is 17.0 Å². The molecule has 3 aliphatic rings. The Balaban J connectivity index is 1.17. The van der Waals surface area contributed by atoms with Gasteiger partial charge >= 0.3 is 0 Å². The molecular weight excluding hydrogens is 522 g/mol. The second-order valence-electron chi connectivity index (χ2n) is 8.94. The van der Waals surface area contributed by atoms with Gasteiger partial charge in [-0.3, -0.25) is 24.7 Å². The van der Waals surface area contributed by atoms with Gasteiger partial charge in [-0.1, -0.05) is 42.1 Å². The molecule has 0 fully saturated rings. The van der Waals surface area contributed by atoms with Crippen molar-refractivity contribution in [1.82, 2.24) is 10.2 Å². The molecule has 0 bridgehead atoms. The molecule has 1 unspecified atom stereocenters. The number of aliphatic imine (C=N–C) groups is 2. The Hall–Kier alpha value is -4.71. The van der Waals surface area contributed by atoms with E-state index in [0.717, 1.165) is 11.1 Å². The zero-order valence-electron chi connectivity index (χ0n) is 20.4. The number of amidine groups is 2. The van der Waals surface area contributed by atoms with E-state index in [9.17, 15) is 19.7 Å². The van der Waals surface area contributed by atoms with Crippen molar-refractivity contribution in [2.75, 3.05) is 6.79 Å². The molecule has 0 saturated carbocycles. The van der Waals surface area contributed by atoms with Crippen LogP contribution in [0.25, 0.3) is 0 Å². The minimum Gasteiger partial charge on any atom is -0.454 e. The molecule has 39 heavy (non-hydrogen) atoms. The molecule has 3 heterocycles. The Morgan fingerprint density at radius 2 is 1.92 bits per heavy atom. The third kappa shape index (κ3) is 4.93. The molecule has 3 aliphatic heterocycles. The highest BCUT2D eigenvalue weighted by molar-refractivity contribution is 8.13. The minimum atomic E-state index is -0.897. The van der Waals surface area contributed by atoms with Crippen LogP contribution in [0.2, 0.25) is 0 Å². The van der Waals surface area contributed by atoms with Crippen molar-refractivity contribution in [3.63, 3.8) is 0 Å². The van der Waals surface area contributed by atoms with E-state index in [-0.39, 0.29) is 37.3 Å². The molecule has 3 aromatic rings. The number of non-ortho nitro benzene ring substituents is 1. The third-order valence-corrected chi connectivity index (χ3v) is 7.35. The fraction of sp³-hybridized carbons (Fsp3) is 0.185. The number of nitrogens with zero attached hydrogens (tertiary/aromatic N) is 4. The summed E-state index contributed by atoms with van der Waals surface area (Å²) >= 11 is 1.28. The number of hydrogen-bond donors (Lipinski definition) is 1. The van der Waals surface area contributed by atoms with Crippen LogP contribution in [0.5, 0.6) is 11.5 Å². The van der Waals surface area contributed by atoms with Crippen LogP contribution in [0.3, 0.4) is 0 Å². The number of rotatable bonds is 7. The molecule has 11 nitrogen and oxygen atoms in total.